The molecule has 0 aliphatic carbocycles. The number of aliphatic hydroxyl groups is 1. The van der Waals surface area contributed by atoms with Gasteiger partial charge in [0.2, 0.25) is 0 Å². The summed E-state index contributed by atoms with van der Waals surface area (Å²) in [4.78, 5) is 2.17. The molecule has 0 spiro atoms. The lowest BCUT2D eigenvalue weighted by atomic mass is 10.1. The number of methoxy groups -OCH3 is 1. The maximum Gasteiger partial charge on any atom is 0.0787 e. The van der Waals surface area contributed by atoms with Gasteiger partial charge < -0.3 is 14.7 Å². The van der Waals surface area contributed by atoms with Gasteiger partial charge in [-0.1, -0.05) is 19.1 Å². The minimum absolute atomic E-state index is 0.335. The standard InChI is InChI=1S/C14H23NO2/c1-5-14(16)12-6-8-13(9-7-12)15(3)11(2)10-17-4/h6-9,11,14,16H,5,10H2,1-4H3. The van der Waals surface area contributed by atoms with E-state index in [1.165, 1.54) is 0 Å². The SMILES string of the molecule is CCC(O)c1ccc(N(C)C(C)COC)cc1. The minimum atomic E-state index is -0.356. The maximum atomic E-state index is 9.72. The van der Waals surface area contributed by atoms with Crippen LogP contribution in [0.1, 0.15) is 31.9 Å². The lowest BCUT2D eigenvalue weighted by molar-refractivity contribution is 0.173. The van der Waals surface area contributed by atoms with Gasteiger partial charge in [-0.25, -0.2) is 0 Å². The summed E-state index contributed by atoms with van der Waals surface area (Å²) >= 11 is 0. The molecular formula is C14H23NO2. The van der Waals surface area contributed by atoms with E-state index in [0.29, 0.717) is 12.6 Å². The van der Waals surface area contributed by atoms with Gasteiger partial charge in [-0.15, -0.1) is 0 Å². The van der Waals surface area contributed by atoms with Crippen LogP contribution in [0.25, 0.3) is 0 Å². The van der Waals surface area contributed by atoms with Gasteiger partial charge >= 0.3 is 0 Å². The summed E-state index contributed by atoms with van der Waals surface area (Å²) in [5, 5.41) is 9.72. The first-order chi connectivity index (χ1) is 8.10. The lowest BCUT2D eigenvalue weighted by Gasteiger charge is -2.26. The Hall–Kier alpha value is -1.06. The summed E-state index contributed by atoms with van der Waals surface area (Å²) in [6, 6.07) is 8.39. The average molecular weight is 237 g/mol. The summed E-state index contributed by atoms with van der Waals surface area (Å²) in [6.45, 7) is 4.81. The van der Waals surface area contributed by atoms with Crippen LogP contribution in [0.3, 0.4) is 0 Å². The van der Waals surface area contributed by atoms with Crippen LogP contribution in [0, 0.1) is 0 Å². The number of benzene rings is 1. The zero-order valence-corrected chi connectivity index (χ0v) is 11.2. The predicted molar refractivity (Wildman–Crippen MR) is 71.4 cm³/mol. The second-order valence-corrected chi connectivity index (χ2v) is 4.43. The van der Waals surface area contributed by atoms with E-state index in [2.05, 4.69) is 18.9 Å². The molecule has 0 saturated carbocycles. The van der Waals surface area contributed by atoms with Crippen LogP contribution in [0.2, 0.25) is 0 Å². The van der Waals surface area contributed by atoms with E-state index >= 15 is 0 Å². The van der Waals surface area contributed by atoms with Crippen molar-refractivity contribution in [3.8, 4) is 0 Å². The van der Waals surface area contributed by atoms with E-state index in [9.17, 15) is 5.11 Å². The van der Waals surface area contributed by atoms with Crippen molar-refractivity contribution in [1.82, 2.24) is 0 Å². The topological polar surface area (TPSA) is 32.7 Å². The van der Waals surface area contributed by atoms with Gasteiger partial charge in [-0.3, -0.25) is 0 Å². The number of rotatable bonds is 6. The van der Waals surface area contributed by atoms with E-state index in [-0.39, 0.29) is 6.10 Å². The number of anilines is 1. The minimum Gasteiger partial charge on any atom is -0.388 e. The highest BCUT2D eigenvalue weighted by Gasteiger charge is 2.10. The third-order valence-electron chi connectivity index (χ3n) is 3.14. The lowest BCUT2D eigenvalue weighted by Crippen LogP contribution is -2.32. The van der Waals surface area contributed by atoms with Gasteiger partial charge in [-0.05, 0) is 31.0 Å². The third kappa shape index (κ3) is 3.72. The van der Waals surface area contributed by atoms with Gasteiger partial charge in [0.1, 0.15) is 0 Å². The van der Waals surface area contributed by atoms with Gasteiger partial charge in [-0.2, -0.15) is 0 Å². The molecule has 17 heavy (non-hydrogen) atoms. The van der Waals surface area contributed by atoms with E-state index in [1.807, 2.05) is 31.2 Å². The molecule has 1 rings (SSSR count). The van der Waals surface area contributed by atoms with Crippen molar-refractivity contribution in [2.45, 2.75) is 32.4 Å². The summed E-state index contributed by atoms with van der Waals surface area (Å²) in [7, 11) is 3.76. The first-order valence-electron chi connectivity index (χ1n) is 6.10. The smallest absolute Gasteiger partial charge is 0.0787 e. The van der Waals surface area contributed by atoms with Gasteiger partial charge in [0.05, 0.1) is 12.7 Å². The summed E-state index contributed by atoms with van der Waals surface area (Å²) in [5.41, 5.74) is 2.12. The number of aliphatic hydroxyl groups excluding tert-OH is 1. The molecule has 2 unspecified atom stereocenters. The molecule has 0 saturated heterocycles. The van der Waals surface area contributed by atoms with Crippen molar-refractivity contribution >= 4 is 5.69 Å². The summed E-state index contributed by atoms with van der Waals surface area (Å²) in [6.07, 6.45) is 0.390. The van der Waals surface area contributed by atoms with E-state index in [4.69, 9.17) is 4.74 Å². The Bertz CT molecular complexity index is 323. The monoisotopic (exact) mass is 237 g/mol. The van der Waals surface area contributed by atoms with E-state index in [0.717, 1.165) is 17.7 Å². The molecule has 1 aromatic rings. The molecule has 0 radical (unpaired) electrons. The number of ether oxygens (including phenoxy) is 1. The fraction of sp³-hybridized carbons (Fsp3) is 0.571. The highest BCUT2D eigenvalue weighted by atomic mass is 16.5. The van der Waals surface area contributed by atoms with Crippen molar-refractivity contribution in [3.05, 3.63) is 29.8 Å². The zero-order valence-electron chi connectivity index (χ0n) is 11.2. The van der Waals surface area contributed by atoms with Crippen molar-refractivity contribution in [2.24, 2.45) is 0 Å². The van der Waals surface area contributed by atoms with E-state index < -0.39 is 0 Å². The highest BCUT2D eigenvalue weighted by Crippen LogP contribution is 2.21. The van der Waals surface area contributed by atoms with Crippen LogP contribution in [0.4, 0.5) is 5.69 Å². The maximum absolute atomic E-state index is 9.72. The Morgan fingerprint density at radius 1 is 1.29 bits per heavy atom. The van der Waals surface area contributed by atoms with Crippen LogP contribution < -0.4 is 4.90 Å². The number of nitrogens with zero attached hydrogens (tertiary/aromatic N) is 1. The van der Waals surface area contributed by atoms with Crippen molar-refractivity contribution < 1.29 is 9.84 Å². The van der Waals surface area contributed by atoms with Gasteiger partial charge in [0.25, 0.3) is 0 Å². The molecule has 0 aromatic heterocycles. The zero-order chi connectivity index (χ0) is 12.8. The Morgan fingerprint density at radius 2 is 1.88 bits per heavy atom. The molecule has 3 heteroatoms. The van der Waals surface area contributed by atoms with Gasteiger partial charge in [0.15, 0.2) is 0 Å². The molecule has 0 aliphatic heterocycles. The molecule has 1 aromatic carbocycles. The number of hydrogen-bond acceptors (Lipinski definition) is 3. The fourth-order valence-electron chi connectivity index (χ4n) is 1.77. The predicted octanol–water partition coefficient (Wildman–Crippen LogP) is 2.60. The second kappa shape index (κ2) is 6.62. The van der Waals surface area contributed by atoms with Crippen molar-refractivity contribution in [3.63, 3.8) is 0 Å². The molecule has 0 amide bonds. The van der Waals surface area contributed by atoms with Crippen LogP contribution in [0.5, 0.6) is 0 Å². The molecule has 0 heterocycles. The molecule has 0 aliphatic rings. The van der Waals surface area contributed by atoms with Crippen LogP contribution in [-0.2, 0) is 4.74 Å². The Morgan fingerprint density at radius 3 is 2.35 bits per heavy atom. The van der Waals surface area contributed by atoms with Crippen LogP contribution >= 0.6 is 0 Å². The molecule has 96 valence electrons. The molecule has 3 nitrogen and oxygen atoms in total. The average Bonchev–Trinajstić information content (AvgIpc) is 2.37. The third-order valence-corrected chi connectivity index (χ3v) is 3.14. The first kappa shape index (κ1) is 14.0. The molecule has 0 bridgehead atoms. The Balaban J connectivity index is 2.73. The quantitative estimate of drug-likeness (QED) is 0.825. The first-order valence-corrected chi connectivity index (χ1v) is 6.10. The highest BCUT2D eigenvalue weighted by molar-refractivity contribution is 5.48. The second-order valence-electron chi connectivity index (χ2n) is 4.43. The summed E-state index contributed by atoms with van der Waals surface area (Å²) in [5.74, 6) is 0. The molecule has 1 N–H and O–H groups in total. The number of likely N-dealkylation sites (N-methyl/N-ethyl adjacent to an activating group) is 1. The Kier molecular flexibility index (Phi) is 5.45. The summed E-state index contributed by atoms with van der Waals surface area (Å²) < 4.78 is 5.14. The molecule has 0 fully saturated rings. The fourth-order valence-corrected chi connectivity index (χ4v) is 1.77. The van der Waals surface area contributed by atoms with Crippen molar-refractivity contribution in [1.29, 1.82) is 0 Å². The van der Waals surface area contributed by atoms with Crippen molar-refractivity contribution in [2.75, 3.05) is 25.7 Å². The van der Waals surface area contributed by atoms with Gasteiger partial charge in [0, 0.05) is 25.9 Å². The Labute approximate surface area is 104 Å². The molecule has 2 atom stereocenters. The van der Waals surface area contributed by atoms with E-state index in [1.54, 1.807) is 7.11 Å². The molecular weight excluding hydrogens is 214 g/mol. The normalized spacial score (nSPS) is 14.4. The largest absolute Gasteiger partial charge is 0.388 e. The van der Waals surface area contributed by atoms with Crippen LogP contribution in [-0.4, -0.2) is 31.9 Å². The van der Waals surface area contributed by atoms with Crippen LogP contribution in [0.15, 0.2) is 24.3 Å². The number of hydrogen-bond donors (Lipinski definition) is 1.